The lowest BCUT2D eigenvalue weighted by Gasteiger charge is -2.25. The minimum absolute atomic E-state index is 0.0415. The van der Waals surface area contributed by atoms with Crippen molar-refractivity contribution < 1.29 is 15.1 Å². The second-order valence-corrected chi connectivity index (χ2v) is 13.0. The number of phenols is 2. The number of rotatable bonds is 7. The smallest absolute Gasteiger partial charge is 0.274 e. The number of benzene rings is 7. The maximum Gasteiger partial charge on any atom is 0.274 e. The highest BCUT2D eigenvalue weighted by Crippen LogP contribution is 2.45. The molecule has 6 nitrogen and oxygen atoms in total. The van der Waals surface area contributed by atoms with Crippen LogP contribution in [0, 0.1) is 10.1 Å². The van der Waals surface area contributed by atoms with Crippen molar-refractivity contribution in [1.82, 2.24) is 0 Å². The molecule has 0 aliphatic rings. The van der Waals surface area contributed by atoms with Crippen molar-refractivity contribution in [2.24, 2.45) is 4.99 Å². The second-order valence-electron chi connectivity index (χ2n) is 10.8. The molecule has 0 spiro atoms. The molecule has 0 unspecified atom stereocenters. The first-order chi connectivity index (χ1) is 22.5. The lowest BCUT2D eigenvalue weighted by molar-refractivity contribution is -0.385. The number of hydrogen-bond acceptors (Lipinski definition) is 5. The van der Waals surface area contributed by atoms with Crippen LogP contribution in [-0.2, 0) is 0 Å². The van der Waals surface area contributed by atoms with Gasteiger partial charge < -0.3 is 10.2 Å². The van der Waals surface area contributed by atoms with Gasteiger partial charge in [-0.05, 0) is 51.4 Å². The van der Waals surface area contributed by atoms with Crippen molar-refractivity contribution in [2.75, 3.05) is 0 Å². The molecule has 0 saturated carbocycles. The quantitative estimate of drug-likeness (QED) is 0.0616. The molecule has 0 fully saturated rings. The first-order valence-corrected chi connectivity index (χ1v) is 16.0. The zero-order valence-corrected chi connectivity index (χ0v) is 25.4. The van der Waals surface area contributed by atoms with E-state index in [1.807, 2.05) is 48.5 Å². The Hall–Kier alpha value is -5.84. The van der Waals surface area contributed by atoms with E-state index in [0.717, 1.165) is 44.0 Å². The molecule has 0 atom stereocenters. The molecule has 0 amide bonds. The van der Waals surface area contributed by atoms with E-state index in [2.05, 4.69) is 84.9 Å². The Morgan fingerprint density at radius 3 is 1.78 bits per heavy atom. The third-order valence-corrected chi connectivity index (χ3v) is 10.5. The molecule has 7 heteroatoms. The molecule has 0 radical (unpaired) electrons. The Morgan fingerprint density at radius 1 is 0.630 bits per heavy atom. The predicted octanol–water partition coefficient (Wildman–Crippen LogP) is 8.49. The molecule has 222 valence electrons. The highest BCUT2D eigenvalue weighted by Gasteiger charge is 2.24. The Morgan fingerprint density at radius 2 is 1.17 bits per heavy atom. The minimum Gasteiger partial charge on any atom is -0.504 e. The summed E-state index contributed by atoms with van der Waals surface area (Å²) in [5.41, 5.74) is 2.28. The summed E-state index contributed by atoms with van der Waals surface area (Å²) in [4.78, 5) is 15.7. The van der Waals surface area contributed by atoms with E-state index in [9.17, 15) is 20.3 Å². The van der Waals surface area contributed by atoms with Gasteiger partial charge in [0.25, 0.3) is 5.69 Å². The van der Waals surface area contributed by atoms with Crippen LogP contribution in [0.2, 0.25) is 0 Å². The standard InChI is InChI=1S/C39H27N2O4P/c42-35-24-29(41(44)45)23-28(39(35)43)25-40-34-21-19-26-11-7-9-17-32(26)37(34)38-33-18-10-8-12-27(33)20-22-36(38)46(30-13-3-1-4-14-30)31-15-5-2-6-16-31/h1-25,42-43H. The van der Waals surface area contributed by atoms with Crippen molar-refractivity contribution in [3.8, 4) is 22.6 Å². The van der Waals surface area contributed by atoms with E-state index in [1.54, 1.807) is 0 Å². The number of fused-ring (bicyclic) bond motifs is 2. The Bertz CT molecular complexity index is 2230. The fourth-order valence-corrected chi connectivity index (χ4v) is 8.36. The number of nitrogens with zero attached hydrogens (tertiary/aromatic N) is 2. The van der Waals surface area contributed by atoms with Gasteiger partial charge in [-0.2, -0.15) is 0 Å². The normalized spacial score (nSPS) is 11.5. The van der Waals surface area contributed by atoms with Crippen LogP contribution in [0.5, 0.6) is 11.5 Å². The van der Waals surface area contributed by atoms with Gasteiger partial charge in [0, 0.05) is 29.0 Å². The number of aromatic hydroxyl groups is 2. The topological polar surface area (TPSA) is 96.0 Å². The SMILES string of the molecule is O=[N+]([O-])c1cc(O)c(O)c(C=Nc2ccc3ccccc3c2-c2c(P(c3ccccc3)c3ccccc3)ccc3ccccc23)c1. The summed E-state index contributed by atoms with van der Waals surface area (Å²) in [7, 11) is -1.01. The molecule has 0 aromatic heterocycles. The molecule has 0 aliphatic carbocycles. The molecular formula is C39H27N2O4P. The third-order valence-electron chi connectivity index (χ3n) is 7.99. The van der Waals surface area contributed by atoms with Crippen LogP contribution in [-0.4, -0.2) is 21.4 Å². The van der Waals surface area contributed by atoms with Gasteiger partial charge in [0.15, 0.2) is 11.5 Å². The van der Waals surface area contributed by atoms with Crippen LogP contribution in [0.25, 0.3) is 32.7 Å². The van der Waals surface area contributed by atoms with E-state index in [1.165, 1.54) is 22.9 Å². The third kappa shape index (κ3) is 5.36. The zero-order valence-electron chi connectivity index (χ0n) is 24.5. The van der Waals surface area contributed by atoms with Gasteiger partial charge in [0.1, 0.15) is 0 Å². The summed E-state index contributed by atoms with van der Waals surface area (Å²) < 4.78 is 0. The fraction of sp³-hybridized carbons (Fsp3) is 0. The van der Waals surface area contributed by atoms with Gasteiger partial charge in [-0.3, -0.25) is 15.1 Å². The first-order valence-electron chi connectivity index (χ1n) is 14.7. The van der Waals surface area contributed by atoms with E-state index in [-0.39, 0.29) is 11.3 Å². The Labute approximate surface area is 266 Å². The maximum atomic E-state index is 11.5. The summed E-state index contributed by atoms with van der Waals surface area (Å²) >= 11 is 0. The van der Waals surface area contributed by atoms with Crippen molar-refractivity contribution in [3.05, 3.63) is 161 Å². The number of aliphatic imine (C=N–C) groups is 1. The summed E-state index contributed by atoms with van der Waals surface area (Å²) in [6.45, 7) is 0. The van der Waals surface area contributed by atoms with Crippen LogP contribution >= 0.6 is 7.92 Å². The summed E-state index contributed by atoms with van der Waals surface area (Å²) in [5.74, 6) is -1.05. The molecule has 7 rings (SSSR count). The average molecular weight is 619 g/mol. The second kappa shape index (κ2) is 12.3. The van der Waals surface area contributed by atoms with E-state index in [0.29, 0.717) is 5.69 Å². The van der Waals surface area contributed by atoms with Gasteiger partial charge in [-0.15, -0.1) is 0 Å². The molecule has 7 aromatic carbocycles. The summed E-state index contributed by atoms with van der Waals surface area (Å²) in [5, 5.41) is 40.1. The van der Waals surface area contributed by atoms with Crippen LogP contribution in [0.4, 0.5) is 11.4 Å². The molecular weight excluding hydrogens is 591 g/mol. The van der Waals surface area contributed by atoms with Gasteiger partial charge in [0.2, 0.25) is 0 Å². The summed E-state index contributed by atoms with van der Waals surface area (Å²) in [6, 6.07) is 48.0. The van der Waals surface area contributed by atoms with Crippen molar-refractivity contribution in [3.63, 3.8) is 0 Å². The minimum atomic E-state index is -1.01. The van der Waals surface area contributed by atoms with Crippen LogP contribution < -0.4 is 15.9 Å². The van der Waals surface area contributed by atoms with Crippen molar-refractivity contribution in [1.29, 1.82) is 0 Å². The average Bonchev–Trinajstić information content (AvgIpc) is 3.09. The van der Waals surface area contributed by atoms with Crippen molar-refractivity contribution in [2.45, 2.75) is 0 Å². The molecule has 46 heavy (non-hydrogen) atoms. The molecule has 0 bridgehead atoms. The van der Waals surface area contributed by atoms with E-state index in [4.69, 9.17) is 4.99 Å². The number of phenolic OH excluding ortho intramolecular Hbond substituents is 2. The fourth-order valence-electron chi connectivity index (χ4n) is 5.89. The lowest BCUT2D eigenvalue weighted by atomic mass is 9.92. The van der Waals surface area contributed by atoms with Gasteiger partial charge >= 0.3 is 0 Å². The van der Waals surface area contributed by atoms with Gasteiger partial charge in [-0.25, -0.2) is 0 Å². The highest BCUT2D eigenvalue weighted by atomic mass is 31.1. The van der Waals surface area contributed by atoms with Crippen molar-refractivity contribution >= 4 is 63.0 Å². The van der Waals surface area contributed by atoms with Gasteiger partial charge in [-0.1, -0.05) is 127 Å². The van der Waals surface area contributed by atoms with Crippen LogP contribution in [0.3, 0.4) is 0 Å². The van der Waals surface area contributed by atoms with E-state index < -0.39 is 24.3 Å². The number of hydrogen-bond donors (Lipinski definition) is 2. The molecule has 0 heterocycles. The molecule has 7 aromatic rings. The van der Waals surface area contributed by atoms with Gasteiger partial charge in [0.05, 0.1) is 16.7 Å². The summed E-state index contributed by atoms with van der Waals surface area (Å²) in [6.07, 6.45) is 1.37. The van der Waals surface area contributed by atoms with Crippen LogP contribution in [0.1, 0.15) is 5.56 Å². The zero-order chi connectivity index (χ0) is 31.6. The molecule has 0 aliphatic heterocycles. The number of nitro benzene ring substituents is 1. The van der Waals surface area contributed by atoms with E-state index >= 15 is 0 Å². The number of non-ortho nitro benzene ring substituents is 1. The molecule has 0 saturated heterocycles. The molecule has 2 N–H and O–H groups in total. The first kappa shape index (κ1) is 28.9. The lowest BCUT2D eigenvalue weighted by Crippen LogP contribution is -2.22. The number of nitro groups is 1. The maximum absolute atomic E-state index is 11.5. The Balaban J connectivity index is 1.56. The largest absolute Gasteiger partial charge is 0.504 e. The van der Waals surface area contributed by atoms with Crippen LogP contribution in [0.15, 0.2) is 151 Å². The monoisotopic (exact) mass is 618 g/mol. The Kier molecular flexibility index (Phi) is 7.71. The predicted molar refractivity (Wildman–Crippen MR) is 189 cm³/mol. The highest BCUT2D eigenvalue weighted by molar-refractivity contribution is 7.80.